The van der Waals surface area contributed by atoms with Crippen LogP contribution in [0.4, 0.5) is 11.9 Å². The molecule has 1 fully saturated rings. The second-order valence-electron chi connectivity index (χ2n) is 4.57. The molecule has 1 aliphatic carbocycles. The zero-order valence-electron chi connectivity index (χ0n) is 11.0. The maximum atomic E-state index is 10.1. The second-order valence-corrected chi connectivity index (χ2v) is 4.57. The summed E-state index contributed by atoms with van der Waals surface area (Å²) < 4.78 is 4.98. The number of hydrogen-bond donors (Lipinski definition) is 4. The number of methoxy groups -OCH3 is 1. The van der Waals surface area contributed by atoms with Crippen molar-refractivity contribution in [3.05, 3.63) is 0 Å². The maximum Gasteiger partial charge on any atom is 0.322 e. The summed E-state index contributed by atoms with van der Waals surface area (Å²) in [4.78, 5) is 12.1. The van der Waals surface area contributed by atoms with Gasteiger partial charge in [0.15, 0.2) is 0 Å². The molecule has 2 unspecified atom stereocenters. The van der Waals surface area contributed by atoms with Crippen LogP contribution in [0.3, 0.4) is 0 Å². The summed E-state index contributed by atoms with van der Waals surface area (Å²) in [7, 11) is 1.47. The number of aliphatic hydroxyl groups is 1. The lowest BCUT2D eigenvalue weighted by Crippen LogP contribution is -2.33. The molecule has 2 rings (SSSR count). The highest BCUT2D eigenvalue weighted by molar-refractivity contribution is 5.36. The third-order valence-electron chi connectivity index (χ3n) is 3.22. The Bertz CT molecular complexity index is 394. The Labute approximate surface area is 111 Å². The van der Waals surface area contributed by atoms with Crippen LogP contribution in [0.25, 0.3) is 0 Å². The van der Waals surface area contributed by atoms with Crippen LogP contribution in [-0.2, 0) is 0 Å². The zero-order chi connectivity index (χ0) is 13.7. The molecule has 0 bridgehead atoms. The quantitative estimate of drug-likeness (QED) is 0.349. The van der Waals surface area contributed by atoms with Crippen LogP contribution in [0.2, 0.25) is 0 Å². The fraction of sp³-hybridized carbons (Fsp3) is 0.727. The summed E-state index contributed by atoms with van der Waals surface area (Å²) in [6.07, 6.45) is 4.57. The molecule has 8 heteroatoms. The minimum absolute atomic E-state index is 0.0553. The maximum absolute atomic E-state index is 10.1. The lowest BCUT2D eigenvalue weighted by molar-refractivity contribution is 0.144. The number of anilines is 2. The molecule has 1 heterocycles. The monoisotopic (exact) mass is 268 g/mol. The smallest absolute Gasteiger partial charge is 0.322 e. The van der Waals surface area contributed by atoms with E-state index in [1.54, 1.807) is 0 Å². The van der Waals surface area contributed by atoms with Crippen LogP contribution in [0.5, 0.6) is 6.01 Å². The molecule has 19 heavy (non-hydrogen) atoms. The van der Waals surface area contributed by atoms with Crippen LogP contribution in [0.15, 0.2) is 0 Å². The molecule has 5 N–H and O–H groups in total. The molecule has 106 valence electrons. The van der Waals surface area contributed by atoms with Crippen LogP contribution in [0, 0.1) is 0 Å². The number of aliphatic hydroxyl groups excluding tert-OH is 1. The van der Waals surface area contributed by atoms with Gasteiger partial charge in [0.05, 0.1) is 19.3 Å². The molecular formula is C11H20N6O2. The molecular weight excluding hydrogens is 248 g/mol. The van der Waals surface area contributed by atoms with E-state index in [9.17, 15) is 5.11 Å². The van der Waals surface area contributed by atoms with E-state index in [1.165, 1.54) is 7.11 Å². The van der Waals surface area contributed by atoms with Crippen molar-refractivity contribution in [1.82, 2.24) is 15.0 Å². The van der Waals surface area contributed by atoms with Gasteiger partial charge in [-0.05, 0) is 12.8 Å². The molecule has 0 aromatic carbocycles. The zero-order valence-corrected chi connectivity index (χ0v) is 11.0. The van der Waals surface area contributed by atoms with Gasteiger partial charge in [0.25, 0.3) is 0 Å². The van der Waals surface area contributed by atoms with Gasteiger partial charge >= 0.3 is 6.01 Å². The van der Waals surface area contributed by atoms with Crippen molar-refractivity contribution in [2.24, 2.45) is 5.84 Å². The number of nitrogen functional groups attached to an aromatic ring is 1. The summed E-state index contributed by atoms with van der Waals surface area (Å²) in [5, 5.41) is 13.2. The Morgan fingerprint density at radius 2 is 1.89 bits per heavy atom. The second kappa shape index (κ2) is 6.48. The third kappa shape index (κ3) is 3.65. The normalized spacial score (nSPS) is 23.5. The first kappa shape index (κ1) is 13.8. The van der Waals surface area contributed by atoms with Gasteiger partial charge in [-0.3, -0.25) is 5.43 Å². The fourth-order valence-electron chi connectivity index (χ4n) is 2.20. The van der Waals surface area contributed by atoms with Gasteiger partial charge < -0.3 is 15.2 Å². The van der Waals surface area contributed by atoms with Gasteiger partial charge in [-0.1, -0.05) is 19.3 Å². The van der Waals surface area contributed by atoms with Crippen molar-refractivity contribution in [2.75, 3.05) is 17.9 Å². The first-order valence-corrected chi connectivity index (χ1v) is 6.44. The van der Waals surface area contributed by atoms with Crippen LogP contribution >= 0.6 is 0 Å². The number of nitrogens with zero attached hydrogens (tertiary/aromatic N) is 3. The summed E-state index contributed by atoms with van der Waals surface area (Å²) in [5.41, 5.74) is 2.36. The first-order valence-electron chi connectivity index (χ1n) is 6.44. The Hall–Kier alpha value is -1.67. The molecule has 1 aliphatic rings. The molecule has 0 amide bonds. The highest BCUT2D eigenvalue weighted by Crippen LogP contribution is 2.21. The van der Waals surface area contributed by atoms with Gasteiger partial charge in [-0.15, -0.1) is 0 Å². The fourth-order valence-corrected chi connectivity index (χ4v) is 2.20. The highest BCUT2D eigenvalue weighted by Gasteiger charge is 2.22. The Morgan fingerprint density at radius 1 is 1.16 bits per heavy atom. The standard InChI is InChI=1S/C11H20N6O2/c1-19-11-15-9(14-10(16-11)17-12)13-7-5-3-2-4-6-8(7)18/h7-8,18H,2-6,12H2,1H3,(H2,13,14,15,16,17). The van der Waals surface area contributed by atoms with E-state index < -0.39 is 0 Å². The number of hydrazine groups is 1. The Morgan fingerprint density at radius 3 is 2.63 bits per heavy atom. The van der Waals surface area contributed by atoms with E-state index in [0.29, 0.717) is 5.95 Å². The SMILES string of the molecule is COc1nc(NN)nc(NC2CCCCCC2O)n1. The topological polar surface area (TPSA) is 118 Å². The van der Waals surface area contributed by atoms with E-state index in [4.69, 9.17) is 10.6 Å². The van der Waals surface area contributed by atoms with E-state index >= 15 is 0 Å². The Kier molecular flexibility index (Phi) is 4.69. The van der Waals surface area contributed by atoms with E-state index in [-0.39, 0.29) is 24.1 Å². The van der Waals surface area contributed by atoms with Gasteiger partial charge in [-0.2, -0.15) is 15.0 Å². The summed E-state index contributed by atoms with van der Waals surface area (Å²) >= 11 is 0. The van der Waals surface area contributed by atoms with Gasteiger partial charge in [0.1, 0.15) is 0 Å². The van der Waals surface area contributed by atoms with E-state index in [2.05, 4.69) is 25.7 Å². The van der Waals surface area contributed by atoms with Crippen molar-refractivity contribution in [3.8, 4) is 6.01 Å². The summed E-state index contributed by atoms with van der Waals surface area (Å²) in [6, 6.07) is 0.119. The summed E-state index contributed by atoms with van der Waals surface area (Å²) in [6.45, 7) is 0. The van der Waals surface area contributed by atoms with Gasteiger partial charge in [-0.25, -0.2) is 5.84 Å². The van der Waals surface area contributed by atoms with Crippen LogP contribution in [0.1, 0.15) is 32.1 Å². The number of ether oxygens (including phenoxy) is 1. The molecule has 0 aliphatic heterocycles. The lowest BCUT2D eigenvalue weighted by atomic mass is 10.1. The molecule has 0 saturated heterocycles. The largest absolute Gasteiger partial charge is 0.467 e. The van der Waals surface area contributed by atoms with E-state index in [1.807, 2.05) is 0 Å². The molecule has 1 saturated carbocycles. The molecule has 8 nitrogen and oxygen atoms in total. The average Bonchev–Trinajstić information content (AvgIpc) is 2.63. The molecule has 1 aromatic heterocycles. The van der Waals surface area contributed by atoms with Gasteiger partial charge in [0, 0.05) is 0 Å². The van der Waals surface area contributed by atoms with Crippen molar-refractivity contribution in [2.45, 2.75) is 44.2 Å². The Balaban J connectivity index is 2.12. The number of nitrogens with two attached hydrogens (primary N) is 1. The molecule has 2 atom stereocenters. The number of nitrogens with one attached hydrogen (secondary N) is 2. The number of hydrogen-bond acceptors (Lipinski definition) is 8. The van der Waals surface area contributed by atoms with Crippen LogP contribution < -0.4 is 21.3 Å². The summed E-state index contributed by atoms with van der Waals surface area (Å²) in [5.74, 6) is 5.86. The first-order chi connectivity index (χ1) is 9.22. The molecule has 1 aromatic rings. The predicted molar refractivity (Wildman–Crippen MR) is 70.7 cm³/mol. The number of rotatable bonds is 4. The minimum Gasteiger partial charge on any atom is -0.467 e. The van der Waals surface area contributed by atoms with Crippen molar-refractivity contribution < 1.29 is 9.84 Å². The van der Waals surface area contributed by atoms with Crippen molar-refractivity contribution in [1.29, 1.82) is 0 Å². The van der Waals surface area contributed by atoms with Crippen molar-refractivity contribution in [3.63, 3.8) is 0 Å². The van der Waals surface area contributed by atoms with Gasteiger partial charge in [0.2, 0.25) is 11.9 Å². The average molecular weight is 268 g/mol. The minimum atomic E-state index is -0.389. The number of aromatic nitrogens is 3. The predicted octanol–water partition coefficient (Wildman–Crippen LogP) is 0.271. The molecule has 0 spiro atoms. The third-order valence-corrected chi connectivity index (χ3v) is 3.22. The van der Waals surface area contributed by atoms with Crippen LogP contribution in [-0.4, -0.2) is 39.3 Å². The van der Waals surface area contributed by atoms with Crippen molar-refractivity contribution >= 4 is 11.9 Å². The highest BCUT2D eigenvalue weighted by atomic mass is 16.5. The van der Waals surface area contributed by atoms with E-state index in [0.717, 1.165) is 32.1 Å². The lowest BCUT2D eigenvalue weighted by Gasteiger charge is -2.21. The molecule has 0 radical (unpaired) electrons.